The molecular formula is C18H34N2O2. The molecule has 1 saturated carbocycles. The fraction of sp³-hybridized carbons (Fsp3) is 1.00. The van der Waals surface area contributed by atoms with Crippen molar-refractivity contribution >= 4 is 0 Å². The van der Waals surface area contributed by atoms with Crippen molar-refractivity contribution in [2.24, 2.45) is 5.92 Å². The lowest BCUT2D eigenvalue weighted by molar-refractivity contribution is -0.0784. The van der Waals surface area contributed by atoms with Crippen molar-refractivity contribution < 1.29 is 9.84 Å². The first-order chi connectivity index (χ1) is 10.6. The van der Waals surface area contributed by atoms with Crippen molar-refractivity contribution in [1.82, 2.24) is 9.80 Å². The van der Waals surface area contributed by atoms with Crippen LogP contribution in [0.1, 0.15) is 52.4 Å². The number of β-amino-alcohol motifs (C(OH)–C–C–N with tert-alkyl or cyclic N) is 1. The van der Waals surface area contributed by atoms with Gasteiger partial charge in [0.25, 0.3) is 0 Å². The first kappa shape index (κ1) is 16.7. The molecule has 3 fully saturated rings. The Morgan fingerprint density at radius 1 is 1.00 bits per heavy atom. The molecule has 2 heterocycles. The van der Waals surface area contributed by atoms with E-state index in [4.69, 9.17) is 4.74 Å². The maximum atomic E-state index is 10.6. The van der Waals surface area contributed by atoms with Crippen LogP contribution in [0.3, 0.4) is 0 Å². The van der Waals surface area contributed by atoms with Crippen LogP contribution in [0.25, 0.3) is 0 Å². The van der Waals surface area contributed by atoms with Gasteiger partial charge in [-0.25, -0.2) is 0 Å². The van der Waals surface area contributed by atoms with Gasteiger partial charge in [-0.1, -0.05) is 12.8 Å². The van der Waals surface area contributed by atoms with Gasteiger partial charge in [0, 0.05) is 32.2 Å². The Kier molecular flexibility index (Phi) is 5.77. The van der Waals surface area contributed by atoms with Crippen LogP contribution in [0.4, 0.5) is 0 Å². The smallest absolute Gasteiger partial charge is 0.0793 e. The Hall–Kier alpha value is -0.160. The van der Waals surface area contributed by atoms with Gasteiger partial charge in [-0.05, 0) is 52.0 Å². The Morgan fingerprint density at radius 2 is 1.68 bits per heavy atom. The molecule has 4 unspecified atom stereocenters. The fourth-order valence-corrected chi connectivity index (χ4v) is 5.01. The molecule has 4 atom stereocenters. The summed E-state index contributed by atoms with van der Waals surface area (Å²) in [5.41, 5.74) is 0. The summed E-state index contributed by atoms with van der Waals surface area (Å²) in [4.78, 5) is 4.97. The number of hydrogen-bond donors (Lipinski definition) is 1. The van der Waals surface area contributed by atoms with Crippen LogP contribution in [0.15, 0.2) is 0 Å². The van der Waals surface area contributed by atoms with Gasteiger partial charge in [-0.3, -0.25) is 9.80 Å². The molecule has 2 saturated heterocycles. The summed E-state index contributed by atoms with van der Waals surface area (Å²) in [5, 5.41) is 10.6. The zero-order valence-electron chi connectivity index (χ0n) is 14.4. The number of morpholine rings is 1. The van der Waals surface area contributed by atoms with E-state index in [0.717, 1.165) is 38.1 Å². The highest BCUT2D eigenvalue weighted by Gasteiger charge is 2.34. The lowest BCUT2D eigenvalue weighted by Crippen LogP contribution is -2.50. The molecule has 1 N–H and O–H groups in total. The molecular weight excluding hydrogens is 276 g/mol. The zero-order valence-corrected chi connectivity index (χ0v) is 14.4. The van der Waals surface area contributed by atoms with Crippen LogP contribution >= 0.6 is 0 Å². The van der Waals surface area contributed by atoms with E-state index in [9.17, 15) is 5.11 Å². The predicted molar refractivity (Wildman–Crippen MR) is 89.0 cm³/mol. The highest BCUT2D eigenvalue weighted by Crippen LogP contribution is 2.35. The number of likely N-dealkylation sites (tertiary alicyclic amines) is 1. The van der Waals surface area contributed by atoms with Crippen LogP contribution in [0.2, 0.25) is 0 Å². The lowest BCUT2D eigenvalue weighted by atomic mass is 9.96. The van der Waals surface area contributed by atoms with Crippen molar-refractivity contribution in [3.8, 4) is 0 Å². The molecule has 3 rings (SSSR count). The Bertz CT molecular complexity index is 336. The first-order valence-corrected chi connectivity index (χ1v) is 9.41. The summed E-state index contributed by atoms with van der Waals surface area (Å²) >= 11 is 0. The minimum atomic E-state index is -0.223. The van der Waals surface area contributed by atoms with Crippen molar-refractivity contribution in [1.29, 1.82) is 0 Å². The van der Waals surface area contributed by atoms with Gasteiger partial charge in [0.1, 0.15) is 0 Å². The van der Waals surface area contributed by atoms with Gasteiger partial charge in [0.15, 0.2) is 0 Å². The molecule has 22 heavy (non-hydrogen) atoms. The van der Waals surface area contributed by atoms with E-state index in [1.807, 2.05) is 0 Å². The molecule has 128 valence electrons. The molecule has 0 aromatic rings. The van der Waals surface area contributed by atoms with Crippen LogP contribution < -0.4 is 0 Å². The first-order valence-electron chi connectivity index (χ1n) is 9.41. The monoisotopic (exact) mass is 310 g/mol. The Labute approximate surface area is 135 Å². The summed E-state index contributed by atoms with van der Waals surface area (Å²) in [5.74, 6) is 0.901. The van der Waals surface area contributed by atoms with Gasteiger partial charge >= 0.3 is 0 Å². The highest BCUT2D eigenvalue weighted by molar-refractivity contribution is 4.89. The summed E-state index contributed by atoms with van der Waals surface area (Å²) in [7, 11) is 0. The second-order valence-electron chi connectivity index (χ2n) is 7.88. The van der Waals surface area contributed by atoms with Crippen LogP contribution in [0, 0.1) is 5.92 Å². The van der Waals surface area contributed by atoms with Crippen LogP contribution in [0.5, 0.6) is 0 Å². The fourth-order valence-electron chi connectivity index (χ4n) is 5.01. The topological polar surface area (TPSA) is 35.9 Å². The van der Waals surface area contributed by atoms with Crippen molar-refractivity contribution in [2.45, 2.75) is 76.7 Å². The van der Waals surface area contributed by atoms with Gasteiger partial charge in [0.05, 0.1) is 18.3 Å². The van der Waals surface area contributed by atoms with Crippen molar-refractivity contribution in [2.75, 3.05) is 32.7 Å². The van der Waals surface area contributed by atoms with E-state index in [-0.39, 0.29) is 18.3 Å². The molecule has 2 aliphatic heterocycles. The second kappa shape index (κ2) is 7.61. The third-order valence-corrected chi connectivity index (χ3v) is 5.77. The van der Waals surface area contributed by atoms with Crippen LogP contribution in [-0.2, 0) is 4.74 Å². The molecule has 0 radical (unpaired) electrons. The number of aliphatic hydroxyl groups excluding tert-OH is 1. The summed E-state index contributed by atoms with van der Waals surface area (Å²) < 4.78 is 5.78. The van der Waals surface area contributed by atoms with E-state index >= 15 is 0 Å². The minimum absolute atomic E-state index is 0.223. The largest absolute Gasteiger partial charge is 0.390 e. The SMILES string of the molecule is CC1CN(CC(O)CN2CCCC2C2CCCC2)CC(C)O1. The normalized spacial score (nSPS) is 37.0. The van der Waals surface area contributed by atoms with E-state index in [2.05, 4.69) is 23.6 Å². The summed E-state index contributed by atoms with van der Waals surface area (Å²) in [6.07, 6.45) is 8.68. The molecule has 0 spiro atoms. The Balaban J connectivity index is 1.47. The van der Waals surface area contributed by atoms with Gasteiger partial charge in [-0.2, -0.15) is 0 Å². The molecule has 3 aliphatic rings. The highest BCUT2D eigenvalue weighted by atomic mass is 16.5. The number of ether oxygens (including phenoxy) is 1. The number of aliphatic hydroxyl groups is 1. The molecule has 0 bridgehead atoms. The number of rotatable bonds is 5. The van der Waals surface area contributed by atoms with Gasteiger partial charge in [-0.15, -0.1) is 0 Å². The van der Waals surface area contributed by atoms with Gasteiger partial charge in [0.2, 0.25) is 0 Å². The quantitative estimate of drug-likeness (QED) is 0.844. The van der Waals surface area contributed by atoms with E-state index < -0.39 is 0 Å². The second-order valence-corrected chi connectivity index (χ2v) is 7.88. The maximum Gasteiger partial charge on any atom is 0.0793 e. The maximum absolute atomic E-state index is 10.6. The number of hydrogen-bond acceptors (Lipinski definition) is 4. The Morgan fingerprint density at radius 3 is 2.36 bits per heavy atom. The average Bonchev–Trinajstić information content (AvgIpc) is 3.07. The van der Waals surface area contributed by atoms with Gasteiger partial charge < -0.3 is 9.84 Å². The molecule has 4 nitrogen and oxygen atoms in total. The minimum Gasteiger partial charge on any atom is -0.390 e. The van der Waals surface area contributed by atoms with E-state index in [1.54, 1.807) is 0 Å². The molecule has 1 aliphatic carbocycles. The molecule has 4 heteroatoms. The predicted octanol–water partition coefficient (Wildman–Crippen LogP) is 2.11. The molecule has 0 aromatic carbocycles. The van der Waals surface area contributed by atoms with E-state index in [1.165, 1.54) is 45.1 Å². The third-order valence-electron chi connectivity index (χ3n) is 5.77. The molecule has 0 aromatic heterocycles. The zero-order chi connectivity index (χ0) is 15.5. The van der Waals surface area contributed by atoms with Crippen molar-refractivity contribution in [3.05, 3.63) is 0 Å². The number of nitrogens with zero attached hydrogens (tertiary/aromatic N) is 2. The summed E-state index contributed by atoms with van der Waals surface area (Å²) in [6, 6.07) is 0.750. The standard InChI is InChI=1S/C18H34N2O2/c1-14-10-19(11-15(2)22-14)12-17(21)13-20-9-5-8-18(20)16-6-3-4-7-16/h14-18,21H,3-13H2,1-2H3. The van der Waals surface area contributed by atoms with Crippen LogP contribution in [-0.4, -0.2) is 72.0 Å². The van der Waals surface area contributed by atoms with Crippen molar-refractivity contribution in [3.63, 3.8) is 0 Å². The molecule has 0 amide bonds. The third kappa shape index (κ3) is 4.22. The summed E-state index contributed by atoms with van der Waals surface area (Å²) in [6.45, 7) is 9.01. The average molecular weight is 310 g/mol. The van der Waals surface area contributed by atoms with E-state index in [0.29, 0.717) is 0 Å². The lowest BCUT2D eigenvalue weighted by Gasteiger charge is -2.37.